The largest absolute Gasteiger partial charge is 0.459 e. The number of quaternary nitrogens is 1. The van der Waals surface area contributed by atoms with E-state index in [1.54, 1.807) is 18.3 Å². The third kappa shape index (κ3) is 4.62. The molecule has 2 rings (SSSR count). The van der Waals surface area contributed by atoms with Crippen molar-refractivity contribution in [3.05, 3.63) is 59.6 Å². The average molecular weight is 324 g/mol. The molecule has 0 aliphatic carbocycles. The van der Waals surface area contributed by atoms with Crippen molar-refractivity contribution >= 4 is 11.8 Å². The maximum Gasteiger partial charge on any atom is 0.305 e. The highest BCUT2D eigenvalue weighted by molar-refractivity contribution is 5.92. The second-order valence-electron chi connectivity index (χ2n) is 4.88. The van der Waals surface area contributed by atoms with Gasteiger partial charge in [0, 0.05) is 5.56 Å². The van der Waals surface area contributed by atoms with Crippen LogP contribution in [0.4, 0.5) is 8.78 Å². The van der Waals surface area contributed by atoms with Crippen molar-refractivity contribution in [2.24, 2.45) is 0 Å². The molecule has 0 spiro atoms. The molecule has 0 unspecified atom stereocenters. The van der Waals surface area contributed by atoms with E-state index in [1.165, 1.54) is 18.4 Å². The molecule has 0 aliphatic heterocycles. The lowest BCUT2D eigenvalue weighted by atomic mass is 10.1. The highest BCUT2D eigenvalue weighted by atomic mass is 19.2. The molecule has 23 heavy (non-hydrogen) atoms. The molecule has 0 bridgehead atoms. The highest BCUT2D eigenvalue weighted by Gasteiger charge is 2.15. The summed E-state index contributed by atoms with van der Waals surface area (Å²) in [6, 6.07) is 6.34. The Bertz CT molecular complexity index is 689. The van der Waals surface area contributed by atoms with Gasteiger partial charge in [0.1, 0.15) is 6.04 Å². The summed E-state index contributed by atoms with van der Waals surface area (Å²) in [6.45, 7) is 1.75. The minimum Gasteiger partial charge on any atom is -0.459 e. The van der Waals surface area contributed by atoms with Crippen LogP contribution < -0.4 is 16.2 Å². The minimum absolute atomic E-state index is 0.00139. The van der Waals surface area contributed by atoms with E-state index in [9.17, 15) is 18.4 Å². The third-order valence-electron chi connectivity index (χ3n) is 3.19. The Hall–Kier alpha value is -2.74. The summed E-state index contributed by atoms with van der Waals surface area (Å²) in [6.07, 6.45) is 1.34. The molecule has 8 heteroatoms. The molecule has 0 fully saturated rings. The van der Waals surface area contributed by atoms with Gasteiger partial charge in [0.2, 0.25) is 0 Å². The first-order valence-corrected chi connectivity index (χ1v) is 6.88. The van der Waals surface area contributed by atoms with Gasteiger partial charge < -0.3 is 9.73 Å². The van der Waals surface area contributed by atoms with Crippen LogP contribution in [0.2, 0.25) is 0 Å². The van der Waals surface area contributed by atoms with E-state index in [4.69, 9.17) is 4.42 Å². The monoisotopic (exact) mass is 324 g/mol. The number of carbonyl (C=O) groups is 2. The zero-order valence-corrected chi connectivity index (χ0v) is 12.3. The van der Waals surface area contributed by atoms with E-state index in [1.807, 2.05) is 0 Å². The summed E-state index contributed by atoms with van der Waals surface area (Å²) in [5, 5.41) is 1.63. The second-order valence-corrected chi connectivity index (χ2v) is 4.88. The quantitative estimate of drug-likeness (QED) is 0.706. The van der Waals surface area contributed by atoms with Crippen LogP contribution in [0.5, 0.6) is 0 Å². The number of hydrogen-bond donors (Lipinski definition) is 3. The van der Waals surface area contributed by atoms with Gasteiger partial charge in [-0.2, -0.15) is 0 Å². The summed E-state index contributed by atoms with van der Waals surface area (Å²) in [5.41, 5.74) is 4.99. The zero-order valence-electron chi connectivity index (χ0n) is 12.3. The number of halogens is 2. The fourth-order valence-electron chi connectivity index (χ4n) is 1.86. The molecule has 2 amide bonds. The molecule has 0 saturated heterocycles. The van der Waals surface area contributed by atoms with Gasteiger partial charge in [-0.3, -0.25) is 20.4 Å². The van der Waals surface area contributed by atoms with E-state index in [0.29, 0.717) is 5.56 Å². The summed E-state index contributed by atoms with van der Waals surface area (Å²) >= 11 is 0. The van der Waals surface area contributed by atoms with Crippen molar-refractivity contribution in [3.63, 3.8) is 0 Å². The van der Waals surface area contributed by atoms with E-state index in [-0.39, 0.29) is 18.3 Å². The first-order chi connectivity index (χ1) is 11.0. The number of benzene rings is 1. The topological polar surface area (TPSA) is 88.0 Å². The summed E-state index contributed by atoms with van der Waals surface area (Å²) in [4.78, 5) is 23.2. The Labute approximate surface area is 130 Å². The van der Waals surface area contributed by atoms with Crippen LogP contribution in [0.3, 0.4) is 0 Å². The van der Waals surface area contributed by atoms with E-state index >= 15 is 0 Å². The first-order valence-electron chi connectivity index (χ1n) is 6.88. The summed E-state index contributed by atoms with van der Waals surface area (Å²) in [5.74, 6) is -2.79. The third-order valence-corrected chi connectivity index (χ3v) is 3.19. The highest BCUT2D eigenvalue weighted by Crippen LogP contribution is 2.12. The van der Waals surface area contributed by atoms with E-state index in [0.717, 1.165) is 12.1 Å². The van der Waals surface area contributed by atoms with Crippen LogP contribution in [-0.4, -0.2) is 18.4 Å². The molecule has 1 aromatic heterocycles. The first kappa shape index (κ1) is 16.6. The molecule has 2 aromatic rings. The molecule has 1 aromatic carbocycles. The zero-order chi connectivity index (χ0) is 16.8. The lowest BCUT2D eigenvalue weighted by Crippen LogP contribution is -2.87. The van der Waals surface area contributed by atoms with Gasteiger partial charge in [-0.25, -0.2) is 8.78 Å². The summed E-state index contributed by atoms with van der Waals surface area (Å²) in [7, 11) is 0. The average Bonchev–Trinajstić information content (AvgIpc) is 3.07. The number of furan rings is 1. The maximum atomic E-state index is 13.2. The molecule has 6 nitrogen and oxygen atoms in total. The van der Waals surface area contributed by atoms with Crippen LogP contribution in [0.15, 0.2) is 41.0 Å². The Morgan fingerprint density at radius 3 is 2.65 bits per heavy atom. The number of amides is 2. The van der Waals surface area contributed by atoms with Crippen LogP contribution in [0.1, 0.15) is 29.1 Å². The smallest absolute Gasteiger partial charge is 0.305 e. The Morgan fingerprint density at radius 2 is 2.00 bits per heavy atom. The fraction of sp³-hybridized carbons (Fsp3) is 0.200. The standard InChI is InChI=1S/C15H15F2N3O3/c1-9(10-4-5-11(16)12(17)7-10)18-8-14(21)19-20-15(22)13-3-2-6-23-13/h2-7,9,18H,8H2,1H3,(H,19,21)(H,20,22)/p+1/t9-/m0/s1. The van der Waals surface area contributed by atoms with Gasteiger partial charge in [0.25, 0.3) is 5.91 Å². The van der Waals surface area contributed by atoms with E-state index < -0.39 is 23.4 Å². The lowest BCUT2D eigenvalue weighted by Gasteiger charge is -2.11. The molecule has 122 valence electrons. The number of hydrazine groups is 1. The molecule has 1 atom stereocenters. The maximum absolute atomic E-state index is 13.2. The van der Waals surface area contributed by atoms with Gasteiger partial charge in [0.15, 0.2) is 23.9 Å². The van der Waals surface area contributed by atoms with Crippen molar-refractivity contribution in [1.82, 2.24) is 10.9 Å². The van der Waals surface area contributed by atoms with Gasteiger partial charge in [-0.05, 0) is 37.3 Å². The van der Waals surface area contributed by atoms with Crippen molar-refractivity contribution in [2.75, 3.05) is 6.54 Å². The van der Waals surface area contributed by atoms with Gasteiger partial charge in [0.05, 0.1) is 6.26 Å². The van der Waals surface area contributed by atoms with E-state index in [2.05, 4.69) is 10.9 Å². The molecule has 1 heterocycles. The Balaban J connectivity index is 1.77. The normalized spacial score (nSPS) is 11.8. The lowest BCUT2D eigenvalue weighted by molar-refractivity contribution is -0.682. The van der Waals surface area contributed by atoms with Crippen LogP contribution >= 0.6 is 0 Å². The van der Waals surface area contributed by atoms with Gasteiger partial charge in [-0.15, -0.1) is 0 Å². The minimum atomic E-state index is -0.932. The SMILES string of the molecule is C[C@H]([NH2+]CC(=O)NNC(=O)c1ccco1)c1ccc(F)c(F)c1. The predicted molar refractivity (Wildman–Crippen MR) is 75.9 cm³/mol. The Morgan fingerprint density at radius 1 is 1.22 bits per heavy atom. The second kappa shape index (κ2) is 7.50. The molecule has 0 radical (unpaired) electrons. The molecule has 0 saturated carbocycles. The van der Waals surface area contributed by atoms with Crippen molar-refractivity contribution in [1.29, 1.82) is 0 Å². The number of carbonyl (C=O) groups excluding carboxylic acids is 2. The van der Waals surface area contributed by atoms with Crippen LogP contribution in [0, 0.1) is 11.6 Å². The van der Waals surface area contributed by atoms with Crippen molar-refractivity contribution < 1.29 is 28.1 Å². The number of nitrogens with two attached hydrogens (primary N) is 1. The van der Waals surface area contributed by atoms with Crippen LogP contribution in [-0.2, 0) is 4.79 Å². The summed E-state index contributed by atoms with van der Waals surface area (Å²) < 4.78 is 30.9. The Kier molecular flexibility index (Phi) is 5.42. The van der Waals surface area contributed by atoms with Crippen LogP contribution in [0.25, 0.3) is 0 Å². The predicted octanol–water partition coefficient (Wildman–Crippen LogP) is 0.643. The van der Waals surface area contributed by atoms with Gasteiger partial charge in [-0.1, -0.05) is 0 Å². The number of nitrogens with one attached hydrogen (secondary N) is 2. The van der Waals surface area contributed by atoms with Crippen molar-refractivity contribution in [3.8, 4) is 0 Å². The molecule has 4 N–H and O–H groups in total. The fourth-order valence-corrected chi connectivity index (χ4v) is 1.86. The number of rotatable bonds is 5. The molecular weight excluding hydrogens is 308 g/mol. The molecular formula is C15H16F2N3O3+. The van der Waals surface area contributed by atoms with Gasteiger partial charge >= 0.3 is 5.91 Å². The molecule has 0 aliphatic rings. The number of hydrogen-bond acceptors (Lipinski definition) is 3. The van der Waals surface area contributed by atoms with Crippen molar-refractivity contribution in [2.45, 2.75) is 13.0 Å².